The first-order valence-electron chi connectivity index (χ1n) is 4.81. The monoisotopic (exact) mass is 230 g/mol. The molecule has 3 nitrogen and oxygen atoms in total. The van der Waals surface area contributed by atoms with Gasteiger partial charge in [0.2, 0.25) is 0 Å². The lowest BCUT2D eigenvalue weighted by Gasteiger charge is -1.99. The Morgan fingerprint density at radius 3 is 2.75 bits per heavy atom. The highest BCUT2D eigenvalue weighted by Crippen LogP contribution is 2.29. The maximum atomic E-state index is 5.82. The van der Waals surface area contributed by atoms with Crippen LogP contribution in [-0.2, 0) is 0 Å². The van der Waals surface area contributed by atoms with Crippen LogP contribution in [0.5, 0.6) is 0 Å². The van der Waals surface area contributed by atoms with Crippen molar-refractivity contribution in [1.29, 1.82) is 0 Å². The Labute approximate surface area is 96.7 Å². The first kappa shape index (κ1) is 9.36. The number of nitrogens with zero attached hydrogens (tertiary/aromatic N) is 2. The number of hydrogen-bond acceptors (Lipinski definition) is 3. The van der Waals surface area contributed by atoms with Gasteiger partial charge in [-0.15, -0.1) is 5.10 Å². The molecule has 2 aromatic heterocycles. The van der Waals surface area contributed by atoms with Crippen LogP contribution in [0.25, 0.3) is 22.2 Å². The third-order valence-corrected chi connectivity index (χ3v) is 2.55. The van der Waals surface area contributed by atoms with E-state index in [1.54, 1.807) is 12.3 Å². The summed E-state index contributed by atoms with van der Waals surface area (Å²) in [4.78, 5) is 0. The number of aromatic nitrogens is 2. The molecule has 0 aliphatic heterocycles. The predicted molar refractivity (Wildman–Crippen MR) is 62.3 cm³/mol. The number of hydrogen-bond donors (Lipinski definition) is 0. The zero-order valence-electron chi connectivity index (χ0n) is 8.22. The molecule has 3 rings (SSSR count). The van der Waals surface area contributed by atoms with Crippen LogP contribution in [-0.4, -0.2) is 10.2 Å². The van der Waals surface area contributed by atoms with E-state index in [0.29, 0.717) is 10.8 Å². The van der Waals surface area contributed by atoms with Crippen LogP contribution in [0, 0.1) is 0 Å². The molecule has 0 radical (unpaired) electrons. The molecular formula is C12H7ClN2O. The third-order valence-electron chi connectivity index (χ3n) is 2.37. The Morgan fingerprint density at radius 2 is 1.94 bits per heavy atom. The summed E-state index contributed by atoms with van der Waals surface area (Å²) >= 11 is 5.82. The number of benzene rings is 1. The van der Waals surface area contributed by atoms with Gasteiger partial charge in [0.25, 0.3) is 0 Å². The molecule has 0 aliphatic rings. The highest BCUT2D eigenvalue weighted by atomic mass is 35.5. The molecule has 0 N–H and O–H groups in total. The number of halogens is 1. The van der Waals surface area contributed by atoms with Crippen molar-refractivity contribution in [2.75, 3.05) is 0 Å². The molecule has 0 bridgehead atoms. The first-order valence-corrected chi connectivity index (χ1v) is 5.18. The van der Waals surface area contributed by atoms with E-state index < -0.39 is 0 Å². The molecule has 0 spiro atoms. The topological polar surface area (TPSA) is 38.9 Å². The zero-order valence-corrected chi connectivity index (χ0v) is 8.98. The van der Waals surface area contributed by atoms with Crippen molar-refractivity contribution in [3.8, 4) is 11.3 Å². The summed E-state index contributed by atoms with van der Waals surface area (Å²) in [5.74, 6) is 0. The Morgan fingerprint density at radius 1 is 1.12 bits per heavy atom. The second-order valence-corrected chi connectivity index (χ2v) is 3.76. The molecule has 0 saturated carbocycles. The van der Waals surface area contributed by atoms with E-state index in [9.17, 15) is 0 Å². The lowest BCUT2D eigenvalue weighted by atomic mass is 10.1. The van der Waals surface area contributed by atoms with Gasteiger partial charge in [-0.2, -0.15) is 5.10 Å². The fourth-order valence-corrected chi connectivity index (χ4v) is 1.85. The molecule has 2 heterocycles. The lowest BCUT2D eigenvalue weighted by Crippen LogP contribution is -1.86. The molecule has 0 unspecified atom stereocenters. The highest BCUT2D eigenvalue weighted by Gasteiger charge is 2.09. The van der Waals surface area contributed by atoms with E-state index >= 15 is 0 Å². The summed E-state index contributed by atoms with van der Waals surface area (Å²) in [5.41, 5.74) is 2.44. The minimum absolute atomic E-state index is 0.349. The first-order chi connectivity index (χ1) is 7.84. The molecule has 4 heteroatoms. The quantitative estimate of drug-likeness (QED) is 0.642. The zero-order chi connectivity index (χ0) is 11.0. The van der Waals surface area contributed by atoms with Crippen LogP contribution < -0.4 is 0 Å². The van der Waals surface area contributed by atoms with Gasteiger partial charge in [-0.05, 0) is 11.6 Å². The second kappa shape index (κ2) is 3.61. The third kappa shape index (κ3) is 1.46. The molecule has 0 amide bonds. The fourth-order valence-electron chi connectivity index (χ4n) is 1.66. The van der Waals surface area contributed by atoms with Gasteiger partial charge in [-0.3, -0.25) is 0 Å². The van der Waals surface area contributed by atoms with Crippen molar-refractivity contribution in [3.63, 3.8) is 0 Å². The standard InChI is InChI=1S/C12H7ClN2O/c13-11-6-9-10(16-11)7-14-15-12(9)8-4-2-1-3-5-8/h1-7H. The summed E-state index contributed by atoms with van der Waals surface area (Å²) in [5, 5.41) is 9.25. The van der Waals surface area contributed by atoms with Gasteiger partial charge in [-0.25, -0.2) is 0 Å². The van der Waals surface area contributed by atoms with Crippen molar-refractivity contribution in [2.45, 2.75) is 0 Å². The van der Waals surface area contributed by atoms with Crippen molar-refractivity contribution in [2.24, 2.45) is 0 Å². The normalized spacial score (nSPS) is 10.8. The number of furan rings is 1. The van der Waals surface area contributed by atoms with Crippen LogP contribution in [0.2, 0.25) is 5.22 Å². The molecule has 0 saturated heterocycles. The van der Waals surface area contributed by atoms with Crippen molar-refractivity contribution in [1.82, 2.24) is 10.2 Å². The van der Waals surface area contributed by atoms with Crippen LogP contribution in [0.15, 0.2) is 47.0 Å². The Hall–Kier alpha value is -1.87. The van der Waals surface area contributed by atoms with Crippen LogP contribution in [0.4, 0.5) is 0 Å². The van der Waals surface area contributed by atoms with Gasteiger partial charge in [0.1, 0.15) is 5.69 Å². The fraction of sp³-hybridized carbons (Fsp3) is 0. The smallest absolute Gasteiger partial charge is 0.194 e. The van der Waals surface area contributed by atoms with Crippen LogP contribution >= 0.6 is 11.6 Å². The van der Waals surface area contributed by atoms with Gasteiger partial charge in [0.15, 0.2) is 10.8 Å². The largest absolute Gasteiger partial charge is 0.443 e. The van der Waals surface area contributed by atoms with Crippen LogP contribution in [0.3, 0.4) is 0 Å². The van der Waals surface area contributed by atoms with Crippen molar-refractivity contribution >= 4 is 22.6 Å². The average Bonchev–Trinajstić information content (AvgIpc) is 2.70. The molecule has 3 aromatic rings. The van der Waals surface area contributed by atoms with E-state index in [-0.39, 0.29) is 0 Å². The molecule has 16 heavy (non-hydrogen) atoms. The summed E-state index contributed by atoms with van der Waals surface area (Å²) in [6, 6.07) is 11.6. The van der Waals surface area contributed by atoms with E-state index in [0.717, 1.165) is 16.6 Å². The predicted octanol–water partition coefficient (Wildman–Crippen LogP) is 3.54. The minimum Gasteiger partial charge on any atom is -0.443 e. The molecule has 0 aliphatic carbocycles. The van der Waals surface area contributed by atoms with Gasteiger partial charge in [0.05, 0.1) is 11.6 Å². The van der Waals surface area contributed by atoms with Gasteiger partial charge < -0.3 is 4.42 Å². The number of rotatable bonds is 1. The maximum Gasteiger partial charge on any atom is 0.194 e. The minimum atomic E-state index is 0.349. The lowest BCUT2D eigenvalue weighted by molar-refractivity contribution is 0.615. The Bertz CT molecular complexity index is 634. The Kier molecular flexibility index (Phi) is 2.11. The molecule has 0 fully saturated rings. The van der Waals surface area contributed by atoms with Gasteiger partial charge >= 0.3 is 0 Å². The molecular weight excluding hydrogens is 224 g/mol. The van der Waals surface area contributed by atoms with Crippen molar-refractivity contribution in [3.05, 3.63) is 47.8 Å². The number of fused-ring (bicyclic) bond motifs is 1. The van der Waals surface area contributed by atoms with Crippen molar-refractivity contribution < 1.29 is 4.42 Å². The van der Waals surface area contributed by atoms with Gasteiger partial charge in [0, 0.05) is 11.6 Å². The summed E-state index contributed by atoms with van der Waals surface area (Å²) in [7, 11) is 0. The average molecular weight is 231 g/mol. The summed E-state index contributed by atoms with van der Waals surface area (Å²) in [6.45, 7) is 0. The van der Waals surface area contributed by atoms with E-state index in [1.807, 2.05) is 30.3 Å². The summed E-state index contributed by atoms with van der Waals surface area (Å²) in [6.07, 6.45) is 1.56. The van der Waals surface area contributed by atoms with E-state index in [1.165, 1.54) is 0 Å². The molecule has 78 valence electrons. The molecule has 0 atom stereocenters. The van der Waals surface area contributed by atoms with E-state index in [4.69, 9.17) is 16.0 Å². The second-order valence-electron chi connectivity index (χ2n) is 3.39. The Balaban J connectivity index is 2.31. The molecule has 1 aromatic carbocycles. The van der Waals surface area contributed by atoms with Crippen LogP contribution in [0.1, 0.15) is 0 Å². The maximum absolute atomic E-state index is 5.82. The highest BCUT2D eigenvalue weighted by molar-refractivity contribution is 6.30. The van der Waals surface area contributed by atoms with Gasteiger partial charge in [-0.1, -0.05) is 30.3 Å². The van der Waals surface area contributed by atoms with E-state index in [2.05, 4.69) is 10.2 Å². The summed E-state index contributed by atoms with van der Waals surface area (Å²) < 4.78 is 5.29. The SMILES string of the molecule is Clc1cc2c(-c3ccccc3)nncc2o1.